The quantitative estimate of drug-likeness (QED) is 0.574. The topological polar surface area (TPSA) is 26.0 Å². The van der Waals surface area contributed by atoms with Crippen LogP contribution in [0.1, 0.15) is 31.9 Å². The second kappa shape index (κ2) is 3.48. The summed E-state index contributed by atoms with van der Waals surface area (Å²) in [4.78, 5) is 0. The Morgan fingerprint density at radius 3 is 2.15 bits per heavy atom. The number of benzene rings is 1. The molecule has 0 aliphatic rings. The van der Waals surface area contributed by atoms with Gasteiger partial charge in [-0.15, -0.1) is 0 Å². The van der Waals surface area contributed by atoms with Gasteiger partial charge in [0.15, 0.2) is 0 Å². The number of nitrogens with two attached hydrogens (primary N) is 1. The Bertz CT molecular complexity index is 300. The molecule has 1 nitrogen and oxygen atoms in total. The van der Waals surface area contributed by atoms with Crippen molar-refractivity contribution in [3.8, 4) is 0 Å². The fraction of sp³-hybridized carbons (Fsp3) is 0.455. The summed E-state index contributed by atoms with van der Waals surface area (Å²) < 4.78 is 1.25. The minimum Gasteiger partial charge on any atom is -0.398 e. The Labute approximate surface area is 93.9 Å². The molecular weight excluding hydrogens is 273 g/mol. The second-order valence-electron chi connectivity index (χ2n) is 4.42. The maximum atomic E-state index is 5.91. The van der Waals surface area contributed by atoms with Gasteiger partial charge in [0, 0.05) is 9.26 Å². The summed E-state index contributed by atoms with van der Waals surface area (Å²) in [6.45, 7) is 8.66. The van der Waals surface area contributed by atoms with Crippen molar-refractivity contribution in [2.45, 2.75) is 33.1 Å². The largest absolute Gasteiger partial charge is 0.398 e. The molecule has 0 unspecified atom stereocenters. The van der Waals surface area contributed by atoms with Crippen LogP contribution in [-0.2, 0) is 5.41 Å². The first-order valence-electron chi connectivity index (χ1n) is 4.38. The molecule has 0 heterocycles. The molecule has 1 aromatic rings. The van der Waals surface area contributed by atoms with E-state index in [-0.39, 0.29) is 5.41 Å². The van der Waals surface area contributed by atoms with Crippen molar-refractivity contribution >= 4 is 28.3 Å². The van der Waals surface area contributed by atoms with Crippen LogP contribution in [0.4, 0.5) is 5.69 Å². The Morgan fingerprint density at radius 1 is 1.23 bits per heavy atom. The number of rotatable bonds is 0. The van der Waals surface area contributed by atoms with Gasteiger partial charge in [-0.3, -0.25) is 0 Å². The maximum Gasteiger partial charge on any atom is 0.0357 e. The summed E-state index contributed by atoms with van der Waals surface area (Å²) in [7, 11) is 0. The predicted octanol–water partition coefficient (Wildman–Crippen LogP) is 3.48. The van der Waals surface area contributed by atoms with Crippen LogP contribution in [0.2, 0.25) is 0 Å². The normalized spacial score (nSPS) is 11.8. The van der Waals surface area contributed by atoms with Crippen LogP contribution < -0.4 is 5.73 Å². The minimum absolute atomic E-state index is 0.182. The number of halogens is 1. The first-order chi connectivity index (χ1) is 5.82. The molecule has 0 spiro atoms. The van der Waals surface area contributed by atoms with E-state index in [0.717, 1.165) is 5.69 Å². The molecule has 0 fully saturated rings. The molecule has 0 aliphatic heterocycles. The molecule has 2 heteroatoms. The van der Waals surface area contributed by atoms with Crippen molar-refractivity contribution in [1.82, 2.24) is 0 Å². The van der Waals surface area contributed by atoms with Crippen LogP contribution in [0, 0.1) is 10.5 Å². The van der Waals surface area contributed by atoms with Gasteiger partial charge in [-0.1, -0.05) is 20.8 Å². The lowest BCUT2D eigenvalue weighted by Gasteiger charge is -2.20. The molecule has 0 radical (unpaired) electrons. The summed E-state index contributed by atoms with van der Waals surface area (Å²) in [5.41, 5.74) is 9.49. The van der Waals surface area contributed by atoms with Gasteiger partial charge in [0.1, 0.15) is 0 Å². The van der Waals surface area contributed by atoms with Gasteiger partial charge in [0.2, 0.25) is 0 Å². The van der Waals surface area contributed by atoms with E-state index < -0.39 is 0 Å². The van der Waals surface area contributed by atoms with E-state index in [9.17, 15) is 0 Å². The van der Waals surface area contributed by atoms with Crippen LogP contribution in [-0.4, -0.2) is 0 Å². The average molecular weight is 289 g/mol. The van der Waals surface area contributed by atoms with Gasteiger partial charge >= 0.3 is 0 Å². The van der Waals surface area contributed by atoms with E-state index in [1.807, 2.05) is 0 Å². The molecule has 72 valence electrons. The second-order valence-corrected chi connectivity index (χ2v) is 5.58. The number of hydrogen-bond donors (Lipinski definition) is 1. The first-order valence-corrected chi connectivity index (χ1v) is 5.46. The Kier molecular flexibility index (Phi) is 2.90. The standard InChI is InChI=1S/C11H16IN/c1-7-9(12)5-8(6-10(7)13)11(2,3)4/h5-6H,13H2,1-4H3. The van der Waals surface area contributed by atoms with E-state index in [1.165, 1.54) is 14.7 Å². The zero-order valence-corrected chi connectivity index (χ0v) is 10.8. The fourth-order valence-electron chi connectivity index (χ4n) is 1.13. The third-order valence-corrected chi connectivity index (χ3v) is 3.37. The molecule has 2 N–H and O–H groups in total. The SMILES string of the molecule is Cc1c(N)cc(C(C)(C)C)cc1I. The fourth-order valence-corrected chi connectivity index (χ4v) is 1.78. The van der Waals surface area contributed by atoms with E-state index in [2.05, 4.69) is 62.4 Å². The summed E-state index contributed by atoms with van der Waals surface area (Å²) in [6.07, 6.45) is 0. The van der Waals surface area contributed by atoms with Crippen molar-refractivity contribution in [1.29, 1.82) is 0 Å². The summed E-state index contributed by atoms with van der Waals surface area (Å²) in [6, 6.07) is 4.30. The highest BCUT2D eigenvalue weighted by molar-refractivity contribution is 14.1. The third kappa shape index (κ3) is 2.36. The van der Waals surface area contributed by atoms with Gasteiger partial charge in [-0.25, -0.2) is 0 Å². The van der Waals surface area contributed by atoms with Gasteiger partial charge in [0.25, 0.3) is 0 Å². The molecule has 0 saturated carbocycles. The van der Waals surface area contributed by atoms with Crippen molar-refractivity contribution in [2.24, 2.45) is 0 Å². The zero-order valence-electron chi connectivity index (χ0n) is 8.61. The van der Waals surface area contributed by atoms with Crippen LogP contribution >= 0.6 is 22.6 Å². The third-order valence-electron chi connectivity index (χ3n) is 2.25. The lowest BCUT2D eigenvalue weighted by molar-refractivity contribution is 0.590. The van der Waals surface area contributed by atoms with Gasteiger partial charge in [0.05, 0.1) is 0 Å². The lowest BCUT2D eigenvalue weighted by Crippen LogP contribution is -2.12. The van der Waals surface area contributed by atoms with Gasteiger partial charge in [-0.05, 0) is 58.2 Å². The molecule has 1 aromatic carbocycles. The van der Waals surface area contributed by atoms with Crippen molar-refractivity contribution < 1.29 is 0 Å². The molecule has 0 atom stereocenters. The average Bonchev–Trinajstić information content (AvgIpc) is 1.97. The van der Waals surface area contributed by atoms with Crippen LogP contribution in [0.3, 0.4) is 0 Å². The van der Waals surface area contributed by atoms with E-state index in [0.29, 0.717) is 0 Å². The molecular formula is C11H16IN. The van der Waals surface area contributed by atoms with Crippen LogP contribution in [0.5, 0.6) is 0 Å². The highest BCUT2D eigenvalue weighted by atomic mass is 127. The maximum absolute atomic E-state index is 5.91. The minimum atomic E-state index is 0.182. The lowest BCUT2D eigenvalue weighted by atomic mass is 9.86. The Hall–Kier alpha value is -0.250. The smallest absolute Gasteiger partial charge is 0.0357 e. The first kappa shape index (κ1) is 10.8. The highest BCUT2D eigenvalue weighted by Gasteiger charge is 2.15. The molecule has 1 rings (SSSR count). The zero-order chi connectivity index (χ0) is 10.2. The molecule has 0 saturated heterocycles. The molecule has 0 aliphatic carbocycles. The van der Waals surface area contributed by atoms with Crippen LogP contribution in [0.25, 0.3) is 0 Å². The number of hydrogen-bond acceptors (Lipinski definition) is 1. The number of anilines is 1. The van der Waals surface area contributed by atoms with Gasteiger partial charge < -0.3 is 5.73 Å². The summed E-state index contributed by atoms with van der Waals surface area (Å²) in [5, 5.41) is 0. The van der Waals surface area contributed by atoms with E-state index in [4.69, 9.17) is 5.73 Å². The summed E-state index contributed by atoms with van der Waals surface area (Å²) >= 11 is 2.34. The number of nitrogen functional groups attached to an aromatic ring is 1. The Balaban J connectivity index is 3.29. The van der Waals surface area contributed by atoms with E-state index >= 15 is 0 Å². The van der Waals surface area contributed by atoms with Crippen molar-refractivity contribution in [3.05, 3.63) is 26.8 Å². The van der Waals surface area contributed by atoms with E-state index in [1.54, 1.807) is 0 Å². The van der Waals surface area contributed by atoms with Crippen LogP contribution in [0.15, 0.2) is 12.1 Å². The van der Waals surface area contributed by atoms with Crippen molar-refractivity contribution in [2.75, 3.05) is 5.73 Å². The molecule has 0 amide bonds. The molecule has 0 aromatic heterocycles. The predicted molar refractivity (Wildman–Crippen MR) is 67.0 cm³/mol. The Morgan fingerprint density at radius 2 is 1.77 bits per heavy atom. The highest BCUT2D eigenvalue weighted by Crippen LogP contribution is 2.28. The summed E-state index contributed by atoms with van der Waals surface area (Å²) in [5.74, 6) is 0. The monoisotopic (exact) mass is 289 g/mol. The molecule has 0 bridgehead atoms. The molecule has 13 heavy (non-hydrogen) atoms. The van der Waals surface area contributed by atoms with Gasteiger partial charge in [-0.2, -0.15) is 0 Å². The van der Waals surface area contributed by atoms with Crippen molar-refractivity contribution in [3.63, 3.8) is 0 Å².